The zero-order valence-electron chi connectivity index (χ0n) is 17.7. The van der Waals surface area contributed by atoms with E-state index in [1.807, 2.05) is 0 Å². The van der Waals surface area contributed by atoms with Gasteiger partial charge in [0.1, 0.15) is 0 Å². The van der Waals surface area contributed by atoms with E-state index in [2.05, 4.69) is 10.3 Å². The number of H-pyrrole nitrogens is 1. The Morgan fingerprint density at radius 2 is 2.00 bits per heavy atom. The van der Waals surface area contributed by atoms with Gasteiger partial charge in [-0.25, -0.2) is 13.6 Å². The molecule has 0 bridgehead atoms. The molecule has 1 aliphatic heterocycles. The Morgan fingerprint density at radius 3 is 2.67 bits per heavy atom. The number of rotatable bonds is 7. The van der Waals surface area contributed by atoms with Gasteiger partial charge < -0.3 is 15.0 Å². The Kier molecular flexibility index (Phi) is 6.75. The molecule has 11 heteroatoms. The lowest BCUT2D eigenvalue weighted by molar-refractivity contribution is 0.0953. The van der Waals surface area contributed by atoms with E-state index >= 15 is 0 Å². The first kappa shape index (κ1) is 23.3. The second-order valence-electron chi connectivity index (χ2n) is 7.94. The second-order valence-corrected chi connectivity index (χ2v) is 9.88. The summed E-state index contributed by atoms with van der Waals surface area (Å²) in [4.78, 5) is 28.6. The van der Waals surface area contributed by atoms with E-state index in [-0.39, 0.29) is 22.5 Å². The van der Waals surface area contributed by atoms with Crippen LogP contribution in [0.3, 0.4) is 0 Å². The maximum absolute atomic E-state index is 12.9. The molecule has 0 aliphatic carbocycles. The van der Waals surface area contributed by atoms with Crippen molar-refractivity contribution in [1.29, 1.82) is 0 Å². The molecule has 174 valence electrons. The Bertz CT molecular complexity index is 1410. The number of aromatic amines is 1. The average Bonchev–Trinajstić information content (AvgIpc) is 3.29. The van der Waals surface area contributed by atoms with Crippen LogP contribution < -0.4 is 16.0 Å². The molecular weight excluding hydrogens is 464 g/mol. The van der Waals surface area contributed by atoms with Gasteiger partial charge in [0.2, 0.25) is 10.0 Å². The van der Waals surface area contributed by atoms with Gasteiger partial charge in [0.05, 0.1) is 28.4 Å². The predicted octanol–water partition coefficient (Wildman–Crippen LogP) is 1.86. The van der Waals surface area contributed by atoms with Gasteiger partial charge in [-0.1, -0.05) is 12.1 Å². The van der Waals surface area contributed by atoms with Gasteiger partial charge >= 0.3 is 0 Å². The van der Waals surface area contributed by atoms with Crippen LogP contribution in [0.2, 0.25) is 0 Å². The average molecular weight is 489 g/mol. The normalized spacial score (nSPS) is 16.2. The Balaban J connectivity index is 1.44. The summed E-state index contributed by atoms with van der Waals surface area (Å²) in [6, 6.07) is 11.0. The van der Waals surface area contributed by atoms with E-state index in [4.69, 9.17) is 22.1 Å². The third-order valence-electron chi connectivity index (χ3n) is 5.61. The summed E-state index contributed by atoms with van der Waals surface area (Å²) in [6.07, 6.45) is 2.37. The van der Waals surface area contributed by atoms with Crippen LogP contribution in [-0.4, -0.2) is 43.1 Å². The van der Waals surface area contributed by atoms with Crippen LogP contribution in [0.15, 0.2) is 52.2 Å². The van der Waals surface area contributed by atoms with Crippen molar-refractivity contribution >= 4 is 39.1 Å². The number of hydrogen-bond acceptors (Lipinski definition) is 6. The molecule has 3 aromatic rings. The maximum atomic E-state index is 12.9. The molecule has 1 saturated heterocycles. The monoisotopic (exact) mass is 488 g/mol. The molecule has 33 heavy (non-hydrogen) atoms. The molecule has 4 N–H and O–H groups in total. The number of sulfonamides is 1. The van der Waals surface area contributed by atoms with Crippen LogP contribution in [0.25, 0.3) is 10.9 Å². The molecule has 2 heterocycles. The number of nitrogens with one attached hydrogen (secondary N) is 2. The summed E-state index contributed by atoms with van der Waals surface area (Å²) in [7, 11) is -3.73. The lowest BCUT2D eigenvalue weighted by Crippen LogP contribution is -2.28. The summed E-state index contributed by atoms with van der Waals surface area (Å²) in [5.74, 6) is -0.291. The van der Waals surface area contributed by atoms with Gasteiger partial charge in [0.25, 0.3) is 11.5 Å². The fourth-order valence-corrected chi connectivity index (χ4v) is 4.60. The summed E-state index contributed by atoms with van der Waals surface area (Å²) >= 11 is 5.37. The number of fused-ring (bicyclic) bond motifs is 1. The highest BCUT2D eigenvalue weighted by atomic mass is 32.2. The summed E-state index contributed by atoms with van der Waals surface area (Å²) in [5, 5.41) is 8.37. The molecule has 0 spiro atoms. The minimum absolute atomic E-state index is 0.0174. The van der Waals surface area contributed by atoms with Crippen molar-refractivity contribution in [2.24, 2.45) is 5.14 Å². The summed E-state index contributed by atoms with van der Waals surface area (Å²) in [5.41, 5.74) is 1.55. The number of carbonyl (C=O) groups is 1. The molecule has 4 rings (SSSR count). The van der Waals surface area contributed by atoms with Gasteiger partial charge in [-0.15, -0.1) is 0 Å². The second kappa shape index (κ2) is 9.56. The lowest BCUT2D eigenvalue weighted by Gasteiger charge is -2.13. The molecule has 0 radical (unpaired) electrons. The predicted molar refractivity (Wildman–Crippen MR) is 126 cm³/mol. The number of nitrogens with two attached hydrogens (primary N) is 1. The third-order valence-corrected chi connectivity index (χ3v) is 6.86. The van der Waals surface area contributed by atoms with E-state index in [9.17, 15) is 18.0 Å². The molecular formula is C22H24N4O5S2. The van der Waals surface area contributed by atoms with Crippen molar-refractivity contribution in [1.82, 2.24) is 14.9 Å². The van der Waals surface area contributed by atoms with E-state index < -0.39 is 10.0 Å². The van der Waals surface area contributed by atoms with Crippen LogP contribution >= 0.6 is 12.2 Å². The van der Waals surface area contributed by atoms with Gasteiger partial charge in [-0.05, 0) is 67.4 Å². The number of carbonyl (C=O) groups excluding carboxylic acids is 1. The van der Waals surface area contributed by atoms with E-state index in [1.165, 1.54) is 16.7 Å². The number of ether oxygens (including phenoxy) is 1. The Morgan fingerprint density at radius 1 is 1.24 bits per heavy atom. The van der Waals surface area contributed by atoms with Crippen molar-refractivity contribution < 1.29 is 17.9 Å². The molecule has 1 amide bonds. The fraction of sp³-hybridized carbons (Fsp3) is 0.318. The number of hydrogen-bond donors (Lipinski definition) is 3. The van der Waals surface area contributed by atoms with E-state index in [0.717, 1.165) is 18.4 Å². The van der Waals surface area contributed by atoms with Crippen molar-refractivity contribution in [3.8, 4) is 0 Å². The van der Waals surface area contributed by atoms with Gasteiger partial charge in [0, 0.05) is 18.7 Å². The number of nitrogens with zero attached hydrogens (tertiary/aromatic N) is 1. The number of aromatic nitrogens is 2. The van der Waals surface area contributed by atoms with Crippen molar-refractivity contribution in [3.63, 3.8) is 0 Å². The third kappa shape index (κ3) is 5.38. The highest BCUT2D eigenvalue weighted by Crippen LogP contribution is 2.15. The van der Waals surface area contributed by atoms with Crippen LogP contribution in [0.4, 0.5) is 0 Å². The zero-order valence-corrected chi connectivity index (χ0v) is 19.4. The minimum atomic E-state index is -3.73. The first-order valence-electron chi connectivity index (χ1n) is 10.5. The van der Waals surface area contributed by atoms with Gasteiger partial charge in [-0.2, -0.15) is 0 Å². The largest absolute Gasteiger partial charge is 0.376 e. The standard InChI is InChI=1S/C22H24N4O5S2/c23-33(29,30)17-6-3-14(4-7-17)9-10-24-20(27)15-5-8-18-19(12-15)25-22(32)26(21(18)28)13-16-2-1-11-31-16/h3-8,12,16H,1-2,9-11,13H2,(H,24,27)(H,25,32)(H2,23,29,30)/t16-/m1/s1. The van der Waals surface area contributed by atoms with Crippen molar-refractivity contribution in [2.75, 3.05) is 13.2 Å². The molecule has 1 atom stereocenters. The van der Waals surface area contributed by atoms with Crippen molar-refractivity contribution in [3.05, 3.63) is 68.7 Å². The van der Waals surface area contributed by atoms with Gasteiger partial charge in [0.15, 0.2) is 4.77 Å². The Labute approximate surface area is 195 Å². The molecule has 1 aromatic heterocycles. The van der Waals surface area contributed by atoms with Crippen molar-refractivity contribution in [2.45, 2.75) is 36.8 Å². The molecule has 2 aromatic carbocycles. The number of primary sulfonamides is 1. The van der Waals surface area contributed by atoms with Crippen LogP contribution in [0.5, 0.6) is 0 Å². The smallest absolute Gasteiger partial charge is 0.262 e. The topological polar surface area (TPSA) is 136 Å². The van der Waals surface area contributed by atoms with Crippen LogP contribution in [-0.2, 0) is 27.7 Å². The van der Waals surface area contributed by atoms with E-state index in [1.54, 1.807) is 30.3 Å². The van der Waals surface area contributed by atoms with Gasteiger partial charge in [-0.3, -0.25) is 14.2 Å². The lowest BCUT2D eigenvalue weighted by atomic mass is 10.1. The zero-order chi connectivity index (χ0) is 23.6. The van der Waals surface area contributed by atoms with Crippen LogP contribution in [0.1, 0.15) is 28.8 Å². The first-order valence-corrected chi connectivity index (χ1v) is 12.5. The Hall–Kier alpha value is -2.86. The molecule has 1 fully saturated rings. The minimum Gasteiger partial charge on any atom is -0.376 e. The fourth-order valence-electron chi connectivity index (χ4n) is 3.82. The quantitative estimate of drug-likeness (QED) is 0.434. The number of benzene rings is 2. The summed E-state index contributed by atoms with van der Waals surface area (Å²) < 4.78 is 30.1. The SMILES string of the molecule is NS(=O)(=O)c1ccc(CCNC(=O)c2ccc3c(=O)n(C[C@H]4CCCO4)c(=S)[nH]c3c2)cc1. The molecule has 0 unspecified atom stereocenters. The summed E-state index contributed by atoms with van der Waals surface area (Å²) in [6.45, 7) is 1.46. The number of amides is 1. The molecule has 0 saturated carbocycles. The first-order chi connectivity index (χ1) is 15.7. The van der Waals surface area contributed by atoms with Crippen LogP contribution in [0, 0.1) is 4.77 Å². The molecule has 9 nitrogen and oxygen atoms in total. The maximum Gasteiger partial charge on any atom is 0.262 e. The molecule has 1 aliphatic rings. The highest BCUT2D eigenvalue weighted by molar-refractivity contribution is 7.89. The van der Waals surface area contributed by atoms with E-state index in [0.29, 0.717) is 47.4 Å². The highest BCUT2D eigenvalue weighted by Gasteiger charge is 2.18.